The number of esters is 3. The Hall–Kier alpha value is -3.15. The van der Waals surface area contributed by atoms with Gasteiger partial charge in [-0.15, -0.1) is 0 Å². The number of allylic oxidation sites excluding steroid dienone is 12. The van der Waals surface area contributed by atoms with Crippen LogP contribution in [0.1, 0.15) is 361 Å². The normalized spacial score (nSPS) is 12.5. The van der Waals surface area contributed by atoms with E-state index in [2.05, 4.69) is 93.7 Å². The van der Waals surface area contributed by atoms with E-state index in [1.807, 2.05) is 0 Å². The van der Waals surface area contributed by atoms with Crippen LogP contribution in [0.25, 0.3) is 0 Å². The van der Waals surface area contributed by atoms with Gasteiger partial charge in [0.2, 0.25) is 0 Å². The van der Waals surface area contributed by atoms with E-state index in [1.165, 1.54) is 205 Å². The zero-order chi connectivity index (χ0) is 57.8. The van der Waals surface area contributed by atoms with Crippen molar-refractivity contribution in [3.05, 3.63) is 72.9 Å². The first-order valence-corrected chi connectivity index (χ1v) is 34.9. The highest BCUT2D eigenvalue weighted by molar-refractivity contribution is 5.71. The van der Waals surface area contributed by atoms with E-state index in [0.717, 1.165) is 116 Å². The van der Waals surface area contributed by atoms with Gasteiger partial charge in [-0.25, -0.2) is 0 Å². The first kappa shape index (κ1) is 76.9. The molecule has 0 heterocycles. The van der Waals surface area contributed by atoms with Crippen LogP contribution in [-0.2, 0) is 28.6 Å². The third-order valence-corrected chi connectivity index (χ3v) is 15.4. The summed E-state index contributed by atoms with van der Waals surface area (Å²) in [7, 11) is 0. The Kier molecular flexibility index (Phi) is 65.7. The third kappa shape index (κ3) is 65.7. The molecule has 0 radical (unpaired) electrons. The van der Waals surface area contributed by atoms with Gasteiger partial charge in [-0.3, -0.25) is 14.4 Å². The fraction of sp³-hybridized carbons (Fsp3) is 0.797. The molecule has 0 amide bonds. The summed E-state index contributed by atoms with van der Waals surface area (Å²) in [6.45, 7) is 6.54. The molecule has 0 aliphatic heterocycles. The van der Waals surface area contributed by atoms with Gasteiger partial charge in [0.25, 0.3) is 0 Å². The SMILES string of the molecule is CCC/C=C\C/C=C\CCCCCCCC(=O)OCC(COC(=O)CCCCCCCCCCCCCCCCCCCCCCCCC/C=C\C/C=C\CCCCCCC)OC(=O)CCCCCCC/C=C\C/C=C\CCCC. The molecule has 1 unspecified atom stereocenters. The molecule has 0 bridgehead atoms. The van der Waals surface area contributed by atoms with Crippen molar-refractivity contribution in [3.63, 3.8) is 0 Å². The molecule has 80 heavy (non-hydrogen) atoms. The lowest BCUT2D eigenvalue weighted by Crippen LogP contribution is -2.30. The van der Waals surface area contributed by atoms with Gasteiger partial charge in [-0.05, 0) is 103 Å². The number of unbranched alkanes of at least 4 members (excludes halogenated alkanes) is 41. The van der Waals surface area contributed by atoms with Gasteiger partial charge >= 0.3 is 17.9 Å². The van der Waals surface area contributed by atoms with Crippen molar-refractivity contribution < 1.29 is 28.6 Å². The minimum absolute atomic E-state index is 0.0824. The standard InChI is InChI=1S/C74H132O6/c1-4-7-10-13-16-19-22-25-27-28-29-30-31-32-33-34-35-36-37-38-39-40-41-42-43-44-45-46-47-50-52-55-58-61-64-67-73(76)79-70-71(69-78-72(75)66-63-60-57-54-51-48-24-21-18-15-12-9-6-3)80-74(77)68-65-62-59-56-53-49-26-23-20-17-14-11-8-5-2/h12,14-15,17,21-26,28-29,71H,4-11,13,16,18-20,27,30-70H2,1-3H3/b15-12-,17-14-,24-21-,25-22-,26-23-,29-28-. The van der Waals surface area contributed by atoms with Crippen LogP contribution >= 0.6 is 0 Å². The molecule has 6 heteroatoms. The van der Waals surface area contributed by atoms with E-state index in [1.54, 1.807) is 0 Å². The van der Waals surface area contributed by atoms with Gasteiger partial charge in [0.05, 0.1) is 0 Å². The van der Waals surface area contributed by atoms with Crippen LogP contribution in [0, 0.1) is 0 Å². The van der Waals surface area contributed by atoms with Crippen LogP contribution in [0.4, 0.5) is 0 Å². The van der Waals surface area contributed by atoms with Gasteiger partial charge in [0.1, 0.15) is 13.2 Å². The second-order valence-electron chi connectivity index (χ2n) is 23.4. The van der Waals surface area contributed by atoms with E-state index in [4.69, 9.17) is 14.2 Å². The molecule has 6 nitrogen and oxygen atoms in total. The molecule has 0 aliphatic carbocycles. The van der Waals surface area contributed by atoms with Crippen LogP contribution in [-0.4, -0.2) is 37.2 Å². The second kappa shape index (κ2) is 68.3. The fourth-order valence-electron chi connectivity index (χ4n) is 10.1. The average Bonchev–Trinajstić information content (AvgIpc) is 3.46. The van der Waals surface area contributed by atoms with Gasteiger partial charge in [-0.1, -0.05) is 312 Å². The van der Waals surface area contributed by atoms with E-state index in [9.17, 15) is 14.4 Å². The summed E-state index contributed by atoms with van der Waals surface area (Å²) in [4.78, 5) is 38.3. The number of carbonyl (C=O) groups is 3. The molecular weight excluding hydrogens is 985 g/mol. The van der Waals surface area contributed by atoms with Gasteiger partial charge in [-0.2, -0.15) is 0 Å². The minimum Gasteiger partial charge on any atom is -0.462 e. The molecule has 0 N–H and O–H groups in total. The zero-order valence-corrected chi connectivity index (χ0v) is 53.3. The number of ether oxygens (including phenoxy) is 3. The highest BCUT2D eigenvalue weighted by atomic mass is 16.6. The third-order valence-electron chi connectivity index (χ3n) is 15.4. The molecule has 0 spiro atoms. The number of rotatable bonds is 64. The maximum Gasteiger partial charge on any atom is 0.306 e. The molecule has 1 atom stereocenters. The Balaban J connectivity index is 4.06. The Morgan fingerprint density at radius 1 is 0.250 bits per heavy atom. The monoisotopic (exact) mass is 1120 g/mol. The van der Waals surface area contributed by atoms with Crippen LogP contribution in [0.3, 0.4) is 0 Å². The lowest BCUT2D eigenvalue weighted by molar-refractivity contribution is -0.167. The summed E-state index contributed by atoms with van der Waals surface area (Å²) >= 11 is 0. The Morgan fingerprint density at radius 2 is 0.487 bits per heavy atom. The number of carbonyl (C=O) groups excluding carboxylic acids is 3. The molecule has 464 valence electrons. The van der Waals surface area contributed by atoms with Crippen molar-refractivity contribution in [3.8, 4) is 0 Å². The fourth-order valence-corrected chi connectivity index (χ4v) is 10.1. The van der Waals surface area contributed by atoms with E-state index in [-0.39, 0.29) is 31.1 Å². The maximum absolute atomic E-state index is 12.9. The van der Waals surface area contributed by atoms with Crippen molar-refractivity contribution in [2.24, 2.45) is 0 Å². The van der Waals surface area contributed by atoms with Crippen molar-refractivity contribution in [2.75, 3.05) is 13.2 Å². The smallest absolute Gasteiger partial charge is 0.306 e. The topological polar surface area (TPSA) is 78.9 Å². The summed E-state index contributed by atoms with van der Waals surface area (Å²) in [6, 6.07) is 0. The van der Waals surface area contributed by atoms with Crippen LogP contribution in [0.5, 0.6) is 0 Å². The second-order valence-corrected chi connectivity index (χ2v) is 23.4. The van der Waals surface area contributed by atoms with Gasteiger partial charge in [0, 0.05) is 19.3 Å². The molecule has 0 saturated carbocycles. The van der Waals surface area contributed by atoms with Gasteiger partial charge in [0.15, 0.2) is 6.10 Å². The predicted octanol–water partition coefficient (Wildman–Crippen LogP) is 24.1. The van der Waals surface area contributed by atoms with Crippen molar-refractivity contribution in [1.82, 2.24) is 0 Å². The summed E-state index contributed by atoms with van der Waals surface area (Å²) in [5.41, 5.74) is 0. The van der Waals surface area contributed by atoms with Crippen molar-refractivity contribution >= 4 is 17.9 Å². The summed E-state index contributed by atoms with van der Waals surface area (Å²) in [5.74, 6) is -0.896. The Morgan fingerprint density at radius 3 is 0.775 bits per heavy atom. The average molecular weight is 1120 g/mol. The summed E-state index contributed by atoms with van der Waals surface area (Å²) < 4.78 is 16.9. The molecule has 0 rings (SSSR count). The molecule has 0 aromatic rings. The first-order chi connectivity index (χ1) is 39.5. The van der Waals surface area contributed by atoms with E-state index in [0.29, 0.717) is 19.3 Å². The first-order valence-electron chi connectivity index (χ1n) is 34.9. The maximum atomic E-state index is 12.9. The molecule has 0 aliphatic rings. The molecule has 0 fully saturated rings. The van der Waals surface area contributed by atoms with Crippen LogP contribution in [0.15, 0.2) is 72.9 Å². The summed E-state index contributed by atoms with van der Waals surface area (Å²) in [5, 5.41) is 0. The van der Waals surface area contributed by atoms with E-state index < -0.39 is 6.10 Å². The Bertz CT molecular complexity index is 1470. The molecule has 0 saturated heterocycles. The molecule has 0 aromatic carbocycles. The lowest BCUT2D eigenvalue weighted by Gasteiger charge is -2.18. The highest BCUT2D eigenvalue weighted by Crippen LogP contribution is 2.18. The van der Waals surface area contributed by atoms with Crippen LogP contribution < -0.4 is 0 Å². The van der Waals surface area contributed by atoms with Crippen molar-refractivity contribution in [2.45, 2.75) is 367 Å². The summed E-state index contributed by atoms with van der Waals surface area (Å²) in [6.07, 6.45) is 89.5. The number of hydrogen-bond acceptors (Lipinski definition) is 6. The number of hydrogen-bond donors (Lipinski definition) is 0. The largest absolute Gasteiger partial charge is 0.462 e. The highest BCUT2D eigenvalue weighted by Gasteiger charge is 2.19. The molecule has 0 aromatic heterocycles. The molecular formula is C74H132O6. The Labute approximate surface area is 497 Å². The van der Waals surface area contributed by atoms with Gasteiger partial charge < -0.3 is 14.2 Å². The zero-order valence-electron chi connectivity index (χ0n) is 53.3. The van der Waals surface area contributed by atoms with Crippen molar-refractivity contribution in [1.29, 1.82) is 0 Å². The quantitative estimate of drug-likeness (QED) is 0.0261. The lowest BCUT2D eigenvalue weighted by atomic mass is 10.0. The predicted molar refractivity (Wildman–Crippen MR) is 348 cm³/mol. The van der Waals surface area contributed by atoms with E-state index >= 15 is 0 Å². The van der Waals surface area contributed by atoms with Crippen LogP contribution in [0.2, 0.25) is 0 Å². The minimum atomic E-state index is -0.787.